The molecular formula is C22H21NO2. The molecule has 0 bridgehead atoms. The average Bonchev–Trinajstić information content (AvgIpc) is 2.69. The van der Waals surface area contributed by atoms with Crippen molar-refractivity contribution in [3.8, 4) is 11.1 Å². The van der Waals surface area contributed by atoms with Crippen LogP contribution in [0.25, 0.3) is 11.1 Å². The zero-order valence-corrected chi connectivity index (χ0v) is 14.0. The minimum absolute atomic E-state index is 0.0806. The van der Waals surface area contributed by atoms with Crippen LogP contribution in [-0.4, -0.2) is 19.1 Å². The Bertz CT molecular complexity index is 783. The smallest absolute Gasteiger partial charge is 0.251 e. The van der Waals surface area contributed by atoms with Crippen molar-refractivity contribution in [2.45, 2.75) is 6.61 Å². The lowest BCUT2D eigenvalue weighted by atomic mass is 10.0. The summed E-state index contributed by atoms with van der Waals surface area (Å²) in [6.07, 6.45) is 0. The van der Waals surface area contributed by atoms with Crippen molar-refractivity contribution in [1.82, 2.24) is 5.32 Å². The normalized spacial score (nSPS) is 10.4. The lowest BCUT2D eigenvalue weighted by Crippen LogP contribution is -2.27. The Morgan fingerprint density at radius 1 is 0.760 bits per heavy atom. The zero-order valence-electron chi connectivity index (χ0n) is 14.0. The fourth-order valence-corrected chi connectivity index (χ4v) is 2.55. The number of benzene rings is 3. The standard InChI is InChI=1S/C22H21NO2/c24-22(23-15-16-25-17-18-7-3-1-4-8-18)21-13-11-20(12-14-21)19-9-5-2-6-10-19/h1-14H,15-17H2,(H,23,24). The van der Waals surface area contributed by atoms with E-state index in [4.69, 9.17) is 4.74 Å². The van der Waals surface area contributed by atoms with E-state index in [0.29, 0.717) is 25.3 Å². The molecule has 1 amide bonds. The molecule has 0 unspecified atom stereocenters. The Labute approximate surface area is 148 Å². The Morgan fingerprint density at radius 3 is 2.04 bits per heavy atom. The monoisotopic (exact) mass is 331 g/mol. The highest BCUT2D eigenvalue weighted by atomic mass is 16.5. The van der Waals surface area contributed by atoms with Gasteiger partial charge in [-0.15, -0.1) is 0 Å². The highest BCUT2D eigenvalue weighted by Crippen LogP contribution is 2.19. The van der Waals surface area contributed by atoms with E-state index in [0.717, 1.165) is 16.7 Å². The van der Waals surface area contributed by atoms with Crippen molar-refractivity contribution in [2.75, 3.05) is 13.2 Å². The van der Waals surface area contributed by atoms with Crippen molar-refractivity contribution in [1.29, 1.82) is 0 Å². The first kappa shape index (κ1) is 16.9. The van der Waals surface area contributed by atoms with Gasteiger partial charge in [0.1, 0.15) is 0 Å². The van der Waals surface area contributed by atoms with Gasteiger partial charge in [-0.05, 0) is 28.8 Å². The second-order valence-corrected chi connectivity index (χ2v) is 5.74. The number of amides is 1. The van der Waals surface area contributed by atoms with Crippen LogP contribution in [0.3, 0.4) is 0 Å². The van der Waals surface area contributed by atoms with E-state index >= 15 is 0 Å². The number of nitrogens with one attached hydrogen (secondary N) is 1. The van der Waals surface area contributed by atoms with E-state index in [1.54, 1.807) is 0 Å². The molecule has 0 aliphatic carbocycles. The molecular weight excluding hydrogens is 310 g/mol. The van der Waals surface area contributed by atoms with Gasteiger partial charge in [-0.2, -0.15) is 0 Å². The molecule has 3 nitrogen and oxygen atoms in total. The summed E-state index contributed by atoms with van der Waals surface area (Å²) in [6.45, 7) is 1.54. The van der Waals surface area contributed by atoms with Crippen LogP contribution in [0.5, 0.6) is 0 Å². The van der Waals surface area contributed by atoms with Gasteiger partial charge in [-0.1, -0.05) is 72.8 Å². The minimum Gasteiger partial charge on any atom is -0.375 e. The molecule has 0 aromatic heterocycles. The largest absolute Gasteiger partial charge is 0.375 e. The lowest BCUT2D eigenvalue weighted by molar-refractivity contribution is 0.0901. The van der Waals surface area contributed by atoms with Crippen molar-refractivity contribution in [2.24, 2.45) is 0 Å². The van der Waals surface area contributed by atoms with Crippen molar-refractivity contribution in [3.63, 3.8) is 0 Å². The van der Waals surface area contributed by atoms with Gasteiger partial charge in [0.05, 0.1) is 13.2 Å². The number of ether oxygens (including phenoxy) is 1. The summed E-state index contributed by atoms with van der Waals surface area (Å²) >= 11 is 0. The van der Waals surface area contributed by atoms with Crippen LogP contribution in [0, 0.1) is 0 Å². The third-order valence-electron chi connectivity index (χ3n) is 3.90. The van der Waals surface area contributed by atoms with Crippen molar-refractivity contribution in [3.05, 3.63) is 96.1 Å². The van der Waals surface area contributed by atoms with Gasteiger partial charge in [0.2, 0.25) is 0 Å². The Balaban J connectivity index is 1.44. The van der Waals surface area contributed by atoms with Gasteiger partial charge < -0.3 is 10.1 Å². The van der Waals surface area contributed by atoms with Crippen LogP contribution in [0.2, 0.25) is 0 Å². The van der Waals surface area contributed by atoms with E-state index in [1.165, 1.54) is 0 Å². The zero-order chi connectivity index (χ0) is 17.3. The molecule has 0 heterocycles. The number of carbonyl (C=O) groups is 1. The first-order chi connectivity index (χ1) is 12.3. The molecule has 0 saturated carbocycles. The van der Waals surface area contributed by atoms with Crippen LogP contribution in [0.4, 0.5) is 0 Å². The molecule has 0 aliphatic rings. The number of rotatable bonds is 7. The summed E-state index contributed by atoms with van der Waals surface area (Å²) < 4.78 is 5.57. The van der Waals surface area contributed by atoms with Gasteiger partial charge >= 0.3 is 0 Å². The van der Waals surface area contributed by atoms with Crippen LogP contribution < -0.4 is 5.32 Å². The van der Waals surface area contributed by atoms with Gasteiger partial charge in [0.25, 0.3) is 5.91 Å². The summed E-state index contributed by atoms with van der Waals surface area (Å²) in [5.41, 5.74) is 4.03. The van der Waals surface area contributed by atoms with Crippen LogP contribution in [-0.2, 0) is 11.3 Å². The van der Waals surface area contributed by atoms with Gasteiger partial charge in [-0.3, -0.25) is 4.79 Å². The molecule has 0 atom stereocenters. The summed E-state index contributed by atoms with van der Waals surface area (Å²) in [7, 11) is 0. The van der Waals surface area contributed by atoms with Crippen LogP contribution in [0.15, 0.2) is 84.9 Å². The SMILES string of the molecule is O=C(NCCOCc1ccccc1)c1ccc(-c2ccccc2)cc1. The van der Waals surface area contributed by atoms with Gasteiger partial charge in [0, 0.05) is 12.1 Å². The molecule has 126 valence electrons. The summed E-state index contributed by atoms with van der Waals surface area (Å²) in [6, 6.07) is 27.7. The second kappa shape index (κ2) is 8.81. The summed E-state index contributed by atoms with van der Waals surface area (Å²) in [4.78, 5) is 12.2. The highest BCUT2D eigenvalue weighted by Gasteiger charge is 2.05. The van der Waals surface area contributed by atoms with Crippen LogP contribution in [0.1, 0.15) is 15.9 Å². The van der Waals surface area contributed by atoms with Crippen LogP contribution >= 0.6 is 0 Å². The lowest BCUT2D eigenvalue weighted by Gasteiger charge is -2.07. The average molecular weight is 331 g/mol. The predicted octanol–water partition coefficient (Wildman–Crippen LogP) is 4.30. The van der Waals surface area contributed by atoms with Gasteiger partial charge in [-0.25, -0.2) is 0 Å². The molecule has 0 saturated heterocycles. The second-order valence-electron chi connectivity index (χ2n) is 5.74. The number of hydrogen-bond donors (Lipinski definition) is 1. The topological polar surface area (TPSA) is 38.3 Å². The Kier molecular flexibility index (Phi) is 5.96. The third-order valence-corrected chi connectivity index (χ3v) is 3.90. The van der Waals surface area contributed by atoms with Crippen molar-refractivity contribution < 1.29 is 9.53 Å². The molecule has 25 heavy (non-hydrogen) atoms. The first-order valence-corrected chi connectivity index (χ1v) is 8.38. The maximum absolute atomic E-state index is 12.2. The van der Waals surface area contributed by atoms with Crippen molar-refractivity contribution >= 4 is 5.91 Å². The number of carbonyl (C=O) groups excluding carboxylic acids is 1. The Morgan fingerprint density at radius 2 is 1.36 bits per heavy atom. The van der Waals surface area contributed by atoms with E-state index in [1.807, 2.05) is 72.8 Å². The van der Waals surface area contributed by atoms with E-state index in [2.05, 4.69) is 17.4 Å². The number of hydrogen-bond acceptors (Lipinski definition) is 2. The van der Waals surface area contributed by atoms with E-state index in [-0.39, 0.29) is 5.91 Å². The molecule has 3 heteroatoms. The fraction of sp³-hybridized carbons (Fsp3) is 0.136. The summed E-state index contributed by atoms with van der Waals surface area (Å²) in [5, 5.41) is 2.88. The van der Waals surface area contributed by atoms with E-state index in [9.17, 15) is 4.79 Å². The maximum Gasteiger partial charge on any atom is 0.251 e. The molecule has 0 spiro atoms. The predicted molar refractivity (Wildman–Crippen MR) is 100 cm³/mol. The first-order valence-electron chi connectivity index (χ1n) is 8.38. The third kappa shape index (κ3) is 5.03. The molecule has 1 N–H and O–H groups in total. The maximum atomic E-state index is 12.2. The molecule has 0 radical (unpaired) electrons. The minimum atomic E-state index is -0.0806. The summed E-state index contributed by atoms with van der Waals surface area (Å²) in [5.74, 6) is -0.0806. The Hall–Kier alpha value is -2.91. The van der Waals surface area contributed by atoms with Gasteiger partial charge in [0.15, 0.2) is 0 Å². The molecule has 0 aliphatic heterocycles. The quantitative estimate of drug-likeness (QED) is 0.656. The van der Waals surface area contributed by atoms with E-state index < -0.39 is 0 Å². The molecule has 3 aromatic rings. The fourth-order valence-electron chi connectivity index (χ4n) is 2.55. The molecule has 0 fully saturated rings. The highest BCUT2D eigenvalue weighted by molar-refractivity contribution is 5.94. The molecule has 3 aromatic carbocycles. The molecule has 3 rings (SSSR count).